The zero-order valence-electron chi connectivity index (χ0n) is 18.1. The molecule has 0 radical (unpaired) electrons. The van der Waals surface area contributed by atoms with Crippen molar-refractivity contribution >= 4 is 0 Å². The van der Waals surface area contributed by atoms with Gasteiger partial charge in [-0.1, -0.05) is 20.8 Å². The molecule has 0 spiro atoms. The van der Waals surface area contributed by atoms with Crippen LogP contribution in [0.1, 0.15) is 78.6 Å². The van der Waals surface area contributed by atoms with Crippen LogP contribution in [0, 0.1) is 46.3 Å². The topological polar surface area (TPSA) is 80.9 Å². The summed E-state index contributed by atoms with van der Waals surface area (Å²) in [6.45, 7) is 7.23. The summed E-state index contributed by atoms with van der Waals surface area (Å²) in [7, 11) is 0. The van der Waals surface area contributed by atoms with Crippen molar-refractivity contribution in [3.05, 3.63) is 0 Å². The molecule has 4 N–H and O–H groups in total. The molecule has 0 saturated heterocycles. The Balaban J connectivity index is 1.62. The minimum Gasteiger partial charge on any atom is -0.396 e. The second-order valence-corrected chi connectivity index (χ2v) is 11.4. The number of aliphatic hydroxyl groups excluding tert-OH is 4. The van der Waals surface area contributed by atoms with E-state index >= 15 is 0 Å². The van der Waals surface area contributed by atoms with E-state index in [2.05, 4.69) is 20.8 Å². The highest BCUT2D eigenvalue weighted by molar-refractivity contribution is 5.14. The predicted octanol–water partition coefficient (Wildman–Crippen LogP) is 3.36. The zero-order valence-corrected chi connectivity index (χ0v) is 18.1. The molecule has 11 atom stereocenters. The maximum Gasteiger partial charge on any atom is 0.0602 e. The van der Waals surface area contributed by atoms with E-state index in [1.807, 2.05) is 0 Å². The minimum absolute atomic E-state index is 0.117. The van der Waals surface area contributed by atoms with Gasteiger partial charge >= 0.3 is 0 Å². The van der Waals surface area contributed by atoms with Gasteiger partial charge in [0.1, 0.15) is 0 Å². The summed E-state index contributed by atoms with van der Waals surface area (Å²) in [5.74, 6) is 2.41. The van der Waals surface area contributed by atoms with Crippen molar-refractivity contribution < 1.29 is 20.4 Å². The Hall–Kier alpha value is -0.160. The summed E-state index contributed by atoms with van der Waals surface area (Å²) in [6, 6.07) is 0. The normalized spacial score (nSPS) is 54.5. The highest BCUT2D eigenvalue weighted by Gasteiger charge is 2.65. The Morgan fingerprint density at radius 1 is 0.964 bits per heavy atom. The minimum atomic E-state index is -0.308. The van der Waals surface area contributed by atoms with E-state index < -0.39 is 0 Å². The van der Waals surface area contributed by atoms with Crippen LogP contribution in [0.25, 0.3) is 0 Å². The molecule has 0 aromatic rings. The van der Waals surface area contributed by atoms with Gasteiger partial charge < -0.3 is 20.4 Å². The molecule has 4 rings (SSSR count). The van der Waals surface area contributed by atoms with Gasteiger partial charge in [-0.2, -0.15) is 0 Å². The molecule has 0 amide bonds. The van der Waals surface area contributed by atoms with Crippen LogP contribution in [0.5, 0.6) is 0 Å². The first-order chi connectivity index (χ1) is 13.2. The standard InChI is InChI=1S/C24H42O4/c1-14(5-4-10-25)17-6-7-18-22-19(13-21(28)24(17,18)3)23(2)9-8-16(26)11-15(23)12-20(22)27/h14-22,25-28H,4-13H2,1-3H3/t14-,15-,16-,17+,18-,19-,20+,21-,22-,23-,24+/m0/s1. The molecule has 4 saturated carbocycles. The largest absolute Gasteiger partial charge is 0.396 e. The van der Waals surface area contributed by atoms with E-state index in [0.717, 1.165) is 57.8 Å². The number of hydrogen-bond acceptors (Lipinski definition) is 4. The molecule has 4 heteroatoms. The fourth-order valence-electron chi connectivity index (χ4n) is 8.75. The van der Waals surface area contributed by atoms with Crippen LogP contribution in [0.3, 0.4) is 0 Å². The van der Waals surface area contributed by atoms with Crippen molar-refractivity contribution in [1.29, 1.82) is 0 Å². The molecule has 4 aliphatic carbocycles. The molecule has 28 heavy (non-hydrogen) atoms. The van der Waals surface area contributed by atoms with Crippen molar-refractivity contribution in [3.63, 3.8) is 0 Å². The average molecular weight is 395 g/mol. The Kier molecular flexibility index (Phi) is 5.66. The monoisotopic (exact) mass is 394 g/mol. The highest BCUT2D eigenvalue weighted by atomic mass is 16.3. The van der Waals surface area contributed by atoms with Gasteiger partial charge in [0.2, 0.25) is 0 Å². The van der Waals surface area contributed by atoms with E-state index in [-0.39, 0.29) is 35.7 Å². The fourth-order valence-corrected chi connectivity index (χ4v) is 8.75. The second kappa shape index (κ2) is 7.51. The summed E-state index contributed by atoms with van der Waals surface area (Å²) in [5, 5.41) is 42.2. The summed E-state index contributed by atoms with van der Waals surface area (Å²) < 4.78 is 0. The first-order valence-corrected chi connectivity index (χ1v) is 11.9. The maximum absolute atomic E-state index is 11.5. The molecule has 0 aliphatic heterocycles. The van der Waals surface area contributed by atoms with Crippen LogP contribution >= 0.6 is 0 Å². The molecule has 4 nitrogen and oxygen atoms in total. The van der Waals surface area contributed by atoms with Gasteiger partial charge in [0.25, 0.3) is 0 Å². The number of aliphatic hydroxyl groups is 4. The van der Waals surface area contributed by atoms with Crippen LogP contribution in [-0.4, -0.2) is 45.3 Å². The summed E-state index contributed by atoms with van der Waals surface area (Å²) in [6.07, 6.45) is 7.62. The number of hydrogen-bond donors (Lipinski definition) is 4. The SMILES string of the molecule is C[C@@H](CCCO)[C@H]1CC[C@H]2[C@@H]3[C@H](O)C[C@@H]4C[C@@H](O)CC[C@]4(C)[C@H]3C[C@H](O)[C@]12C. The van der Waals surface area contributed by atoms with Crippen molar-refractivity contribution in [2.24, 2.45) is 46.3 Å². The molecule has 0 unspecified atom stereocenters. The fraction of sp³-hybridized carbons (Fsp3) is 1.00. The van der Waals surface area contributed by atoms with Gasteiger partial charge in [0.15, 0.2) is 0 Å². The van der Waals surface area contributed by atoms with Crippen LogP contribution in [0.4, 0.5) is 0 Å². The lowest BCUT2D eigenvalue weighted by atomic mass is 9.43. The van der Waals surface area contributed by atoms with Gasteiger partial charge in [-0.3, -0.25) is 0 Å². The molecule has 0 heterocycles. The van der Waals surface area contributed by atoms with E-state index in [1.165, 1.54) is 0 Å². The lowest BCUT2D eigenvalue weighted by Crippen LogP contribution is -2.62. The number of fused-ring (bicyclic) bond motifs is 5. The smallest absolute Gasteiger partial charge is 0.0602 e. The van der Waals surface area contributed by atoms with E-state index in [4.69, 9.17) is 0 Å². The van der Waals surface area contributed by atoms with Gasteiger partial charge in [-0.05, 0) is 104 Å². The molecule has 0 bridgehead atoms. The third kappa shape index (κ3) is 3.01. The van der Waals surface area contributed by atoms with Crippen LogP contribution < -0.4 is 0 Å². The lowest BCUT2D eigenvalue weighted by molar-refractivity contribution is -0.207. The van der Waals surface area contributed by atoms with Crippen LogP contribution in [0.15, 0.2) is 0 Å². The second-order valence-electron chi connectivity index (χ2n) is 11.4. The van der Waals surface area contributed by atoms with Gasteiger partial charge in [-0.15, -0.1) is 0 Å². The summed E-state index contributed by atoms with van der Waals surface area (Å²) in [4.78, 5) is 0. The van der Waals surface area contributed by atoms with Gasteiger partial charge in [-0.25, -0.2) is 0 Å². The molecule has 0 aromatic heterocycles. The third-order valence-electron chi connectivity index (χ3n) is 10.3. The van der Waals surface area contributed by atoms with Crippen molar-refractivity contribution in [1.82, 2.24) is 0 Å². The van der Waals surface area contributed by atoms with Gasteiger partial charge in [0.05, 0.1) is 18.3 Å². The Labute approximate surface area is 170 Å². The van der Waals surface area contributed by atoms with E-state index in [0.29, 0.717) is 35.5 Å². The molecule has 4 aliphatic rings. The molecule has 162 valence electrons. The first kappa shape index (κ1) is 21.1. The molecular formula is C24H42O4. The summed E-state index contributed by atoms with van der Waals surface area (Å²) in [5.41, 5.74) is 0.0282. The summed E-state index contributed by atoms with van der Waals surface area (Å²) >= 11 is 0. The Morgan fingerprint density at radius 3 is 2.43 bits per heavy atom. The van der Waals surface area contributed by atoms with Crippen LogP contribution in [-0.2, 0) is 0 Å². The quantitative estimate of drug-likeness (QED) is 0.589. The van der Waals surface area contributed by atoms with Crippen LogP contribution in [0.2, 0.25) is 0 Å². The van der Waals surface area contributed by atoms with Gasteiger partial charge in [0, 0.05) is 6.61 Å². The lowest BCUT2D eigenvalue weighted by Gasteiger charge is -2.63. The zero-order chi connectivity index (χ0) is 20.3. The van der Waals surface area contributed by atoms with Crippen molar-refractivity contribution in [2.75, 3.05) is 6.61 Å². The predicted molar refractivity (Wildman–Crippen MR) is 109 cm³/mol. The Bertz CT molecular complexity index is 567. The Morgan fingerprint density at radius 2 is 1.71 bits per heavy atom. The molecule has 0 aromatic carbocycles. The maximum atomic E-state index is 11.5. The average Bonchev–Trinajstić information content (AvgIpc) is 3.01. The molecule has 4 fully saturated rings. The molecular weight excluding hydrogens is 352 g/mol. The van der Waals surface area contributed by atoms with Crippen molar-refractivity contribution in [3.8, 4) is 0 Å². The first-order valence-electron chi connectivity index (χ1n) is 11.9. The third-order valence-corrected chi connectivity index (χ3v) is 10.3. The van der Waals surface area contributed by atoms with E-state index in [1.54, 1.807) is 0 Å². The van der Waals surface area contributed by atoms with Crippen molar-refractivity contribution in [2.45, 2.75) is 96.9 Å². The van der Waals surface area contributed by atoms with E-state index in [9.17, 15) is 20.4 Å². The number of rotatable bonds is 4. The highest BCUT2D eigenvalue weighted by Crippen LogP contribution is 2.68.